The second-order valence-corrected chi connectivity index (χ2v) is 8.69. The lowest BCUT2D eigenvalue weighted by Crippen LogP contribution is -2.32. The summed E-state index contributed by atoms with van der Waals surface area (Å²) in [7, 11) is 7.17. The van der Waals surface area contributed by atoms with Crippen LogP contribution in [0, 0.1) is 11.8 Å². The fraction of sp³-hybridized carbons (Fsp3) is 0.310. The summed E-state index contributed by atoms with van der Waals surface area (Å²) in [4.78, 5) is 2.37. The molecule has 4 nitrogen and oxygen atoms in total. The number of hydrogen-bond acceptors (Lipinski definition) is 4. The second kappa shape index (κ2) is 12.4. The van der Waals surface area contributed by atoms with Gasteiger partial charge in [-0.1, -0.05) is 29.5 Å². The maximum absolute atomic E-state index is 5.99. The van der Waals surface area contributed by atoms with Crippen molar-refractivity contribution in [2.45, 2.75) is 25.8 Å². The molecule has 0 radical (unpaired) electrons. The molecule has 0 spiro atoms. The second-order valence-electron chi connectivity index (χ2n) is 8.25. The number of rotatable bonds is 9. The van der Waals surface area contributed by atoms with Crippen LogP contribution < -0.4 is 14.2 Å². The minimum absolute atomic E-state index is 0.323. The van der Waals surface area contributed by atoms with E-state index < -0.39 is 0 Å². The maximum Gasteiger partial charge on any atom is 0.160 e. The van der Waals surface area contributed by atoms with Crippen molar-refractivity contribution in [3.8, 4) is 29.1 Å². The monoisotopic (exact) mass is 477 g/mol. The first kappa shape index (κ1) is 25.5. The van der Waals surface area contributed by atoms with Gasteiger partial charge in [-0.05, 0) is 92.5 Å². The first-order valence-corrected chi connectivity index (χ1v) is 11.7. The molecule has 0 amide bonds. The van der Waals surface area contributed by atoms with Crippen molar-refractivity contribution in [2.24, 2.45) is 0 Å². The van der Waals surface area contributed by atoms with Gasteiger partial charge in [0.1, 0.15) is 5.75 Å². The van der Waals surface area contributed by atoms with Gasteiger partial charge in [0.25, 0.3) is 0 Å². The summed E-state index contributed by atoms with van der Waals surface area (Å²) in [6.45, 7) is 3.16. The Morgan fingerprint density at radius 2 is 1.59 bits per heavy atom. The molecule has 3 aromatic rings. The smallest absolute Gasteiger partial charge is 0.160 e. The van der Waals surface area contributed by atoms with Gasteiger partial charge in [-0.15, -0.1) is 0 Å². The quantitative estimate of drug-likeness (QED) is 0.360. The van der Waals surface area contributed by atoms with Crippen molar-refractivity contribution < 1.29 is 14.2 Å². The predicted octanol–water partition coefficient (Wildman–Crippen LogP) is 5.87. The van der Waals surface area contributed by atoms with Gasteiger partial charge in [-0.25, -0.2) is 0 Å². The summed E-state index contributed by atoms with van der Waals surface area (Å²) in [6.07, 6.45) is 1.78. The average molecular weight is 478 g/mol. The summed E-state index contributed by atoms with van der Waals surface area (Å²) < 4.78 is 16.3. The van der Waals surface area contributed by atoms with Crippen molar-refractivity contribution in [3.05, 3.63) is 87.9 Å². The van der Waals surface area contributed by atoms with Gasteiger partial charge in [0, 0.05) is 28.7 Å². The zero-order valence-electron chi connectivity index (χ0n) is 20.5. The standard InChI is InChI=1S/C29H32ClNO3/c1-21(31(2)17-16-23-9-15-28(33-4)29(19-23)34-5)18-25-20-27(32-3)14-11-24(25)10-6-22-7-12-26(30)13-8-22/h7-9,11-15,19-21H,16-18H2,1-5H3. The van der Waals surface area contributed by atoms with Crippen LogP contribution in [0.2, 0.25) is 5.02 Å². The zero-order chi connectivity index (χ0) is 24.5. The predicted molar refractivity (Wildman–Crippen MR) is 139 cm³/mol. The lowest BCUT2D eigenvalue weighted by atomic mass is 9.99. The van der Waals surface area contributed by atoms with E-state index in [0.29, 0.717) is 11.1 Å². The molecule has 0 bridgehead atoms. The number of ether oxygens (including phenoxy) is 3. The molecule has 1 atom stereocenters. The van der Waals surface area contributed by atoms with E-state index in [-0.39, 0.29) is 0 Å². The van der Waals surface area contributed by atoms with E-state index in [1.807, 2.05) is 48.5 Å². The van der Waals surface area contributed by atoms with E-state index >= 15 is 0 Å². The largest absolute Gasteiger partial charge is 0.497 e. The van der Waals surface area contributed by atoms with Crippen molar-refractivity contribution in [3.63, 3.8) is 0 Å². The molecule has 0 fully saturated rings. The highest BCUT2D eigenvalue weighted by atomic mass is 35.5. The molecular weight excluding hydrogens is 446 g/mol. The van der Waals surface area contributed by atoms with Gasteiger partial charge in [0.05, 0.1) is 21.3 Å². The molecule has 0 saturated carbocycles. The Morgan fingerprint density at radius 1 is 0.853 bits per heavy atom. The summed E-state index contributed by atoms with van der Waals surface area (Å²) in [5.41, 5.74) is 4.33. The third-order valence-electron chi connectivity index (χ3n) is 5.97. The van der Waals surface area contributed by atoms with Crippen molar-refractivity contribution in [2.75, 3.05) is 34.9 Å². The molecule has 3 rings (SSSR count). The van der Waals surface area contributed by atoms with Crippen molar-refractivity contribution in [1.29, 1.82) is 0 Å². The fourth-order valence-electron chi connectivity index (χ4n) is 3.70. The van der Waals surface area contributed by atoms with E-state index in [4.69, 9.17) is 25.8 Å². The number of nitrogens with zero attached hydrogens (tertiary/aromatic N) is 1. The molecule has 5 heteroatoms. The highest BCUT2D eigenvalue weighted by Crippen LogP contribution is 2.28. The van der Waals surface area contributed by atoms with Gasteiger partial charge < -0.3 is 19.1 Å². The first-order chi connectivity index (χ1) is 16.4. The zero-order valence-corrected chi connectivity index (χ0v) is 21.3. The minimum Gasteiger partial charge on any atom is -0.497 e. The molecule has 0 saturated heterocycles. The van der Waals surface area contributed by atoms with Crippen LogP contribution >= 0.6 is 11.6 Å². The molecule has 0 heterocycles. The average Bonchev–Trinajstić information content (AvgIpc) is 2.87. The van der Waals surface area contributed by atoms with E-state index in [1.165, 1.54) is 11.1 Å². The van der Waals surface area contributed by atoms with Crippen LogP contribution in [-0.2, 0) is 12.8 Å². The Balaban J connectivity index is 1.70. The lowest BCUT2D eigenvalue weighted by molar-refractivity contribution is 0.259. The highest BCUT2D eigenvalue weighted by molar-refractivity contribution is 6.30. The maximum atomic E-state index is 5.99. The van der Waals surface area contributed by atoms with Gasteiger partial charge in [0.15, 0.2) is 11.5 Å². The van der Waals surface area contributed by atoms with Crippen LogP contribution in [0.1, 0.15) is 29.2 Å². The summed E-state index contributed by atoms with van der Waals surface area (Å²) in [6, 6.07) is 20.1. The minimum atomic E-state index is 0.323. The molecule has 178 valence electrons. The topological polar surface area (TPSA) is 30.9 Å². The number of methoxy groups -OCH3 is 3. The van der Waals surface area contributed by atoms with E-state index in [2.05, 4.69) is 42.8 Å². The Bertz CT molecular complexity index is 1150. The first-order valence-electron chi connectivity index (χ1n) is 11.3. The molecule has 3 aromatic carbocycles. The third kappa shape index (κ3) is 6.93. The SMILES string of the molecule is COc1ccc(C#Cc2ccc(Cl)cc2)c(CC(C)N(C)CCc2ccc(OC)c(OC)c2)c1. The van der Waals surface area contributed by atoms with Gasteiger partial charge in [-0.3, -0.25) is 0 Å². The van der Waals surface area contributed by atoms with Crippen LogP contribution in [0.25, 0.3) is 0 Å². The Labute approximate surface area is 208 Å². The summed E-state index contributed by atoms with van der Waals surface area (Å²) in [5, 5.41) is 0.709. The Morgan fingerprint density at radius 3 is 2.26 bits per heavy atom. The molecule has 0 aliphatic heterocycles. The molecule has 1 unspecified atom stereocenters. The fourth-order valence-corrected chi connectivity index (χ4v) is 3.82. The summed E-state index contributed by atoms with van der Waals surface area (Å²) >= 11 is 5.99. The number of hydrogen-bond donors (Lipinski definition) is 0. The van der Waals surface area contributed by atoms with Gasteiger partial charge >= 0.3 is 0 Å². The number of likely N-dealkylation sites (N-methyl/N-ethyl adjacent to an activating group) is 1. The third-order valence-corrected chi connectivity index (χ3v) is 6.22. The normalized spacial score (nSPS) is 11.5. The van der Waals surface area contributed by atoms with Crippen LogP contribution in [-0.4, -0.2) is 45.9 Å². The highest BCUT2D eigenvalue weighted by Gasteiger charge is 2.14. The molecule has 0 N–H and O–H groups in total. The molecule has 0 aromatic heterocycles. The molecule has 0 aliphatic rings. The number of benzene rings is 3. The molecule has 34 heavy (non-hydrogen) atoms. The molecule has 0 aliphatic carbocycles. The van der Waals surface area contributed by atoms with Crippen molar-refractivity contribution >= 4 is 11.6 Å². The Kier molecular flexibility index (Phi) is 9.27. The van der Waals surface area contributed by atoms with E-state index in [1.54, 1.807) is 21.3 Å². The lowest BCUT2D eigenvalue weighted by Gasteiger charge is -2.25. The Hall–Kier alpha value is -3.13. The van der Waals surface area contributed by atoms with E-state index in [0.717, 1.165) is 47.8 Å². The van der Waals surface area contributed by atoms with Gasteiger partial charge in [0.2, 0.25) is 0 Å². The number of halogens is 1. The van der Waals surface area contributed by atoms with Crippen LogP contribution in [0.4, 0.5) is 0 Å². The van der Waals surface area contributed by atoms with Gasteiger partial charge in [-0.2, -0.15) is 0 Å². The van der Waals surface area contributed by atoms with Crippen molar-refractivity contribution in [1.82, 2.24) is 4.90 Å². The van der Waals surface area contributed by atoms with Crippen LogP contribution in [0.5, 0.6) is 17.2 Å². The van der Waals surface area contributed by atoms with E-state index in [9.17, 15) is 0 Å². The summed E-state index contributed by atoms with van der Waals surface area (Å²) in [5.74, 6) is 8.93. The van der Waals surface area contributed by atoms with Crippen LogP contribution in [0.15, 0.2) is 60.7 Å². The molecular formula is C29H32ClNO3. The van der Waals surface area contributed by atoms with Crippen LogP contribution in [0.3, 0.4) is 0 Å².